The van der Waals surface area contributed by atoms with Gasteiger partial charge in [0, 0.05) is 16.8 Å². The third-order valence-electron chi connectivity index (χ3n) is 3.37. The molecule has 0 amide bonds. The third kappa shape index (κ3) is 1.75. The summed E-state index contributed by atoms with van der Waals surface area (Å²) in [5.41, 5.74) is 1.84. The number of benzene rings is 2. The molecule has 0 spiro atoms. The quantitative estimate of drug-likeness (QED) is 0.523. The van der Waals surface area contributed by atoms with Crippen LogP contribution in [0, 0.1) is 0 Å². The van der Waals surface area contributed by atoms with Crippen molar-refractivity contribution in [3.05, 3.63) is 65.8 Å². The van der Waals surface area contributed by atoms with E-state index in [-0.39, 0.29) is 0 Å². The van der Waals surface area contributed by atoms with Crippen LogP contribution in [0.5, 0.6) is 0 Å². The summed E-state index contributed by atoms with van der Waals surface area (Å²) in [6, 6.07) is 17.9. The highest BCUT2D eigenvalue weighted by molar-refractivity contribution is 6.30. The Bertz CT molecular complexity index is 910. The van der Waals surface area contributed by atoms with Gasteiger partial charge in [-0.05, 0) is 41.1 Å². The molecule has 0 aliphatic carbocycles. The molecule has 2 aromatic carbocycles. The van der Waals surface area contributed by atoms with Crippen LogP contribution in [0.3, 0.4) is 0 Å². The van der Waals surface area contributed by atoms with E-state index in [1.165, 1.54) is 0 Å². The lowest BCUT2D eigenvalue weighted by Crippen LogP contribution is -1.89. The van der Waals surface area contributed by atoms with Crippen molar-refractivity contribution in [3.63, 3.8) is 0 Å². The second-order valence-electron chi connectivity index (χ2n) is 4.66. The van der Waals surface area contributed by atoms with Crippen molar-refractivity contribution in [1.29, 1.82) is 0 Å². The zero-order valence-corrected chi connectivity index (χ0v) is 11.2. The molecule has 0 fully saturated rings. The number of hydrogen-bond acceptors (Lipinski definition) is 2. The van der Waals surface area contributed by atoms with Gasteiger partial charge in [-0.25, -0.2) is 0 Å². The Morgan fingerprint density at radius 2 is 1.60 bits per heavy atom. The molecule has 4 aromatic rings. The number of halogens is 1. The van der Waals surface area contributed by atoms with E-state index in [2.05, 4.69) is 28.5 Å². The van der Waals surface area contributed by atoms with Gasteiger partial charge in [-0.15, -0.1) is 10.2 Å². The Balaban J connectivity index is 2.00. The zero-order chi connectivity index (χ0) is 13.5. The fourth-order valence-electron chi connectivity index (χ4n) is 2.36. The SMILES string of the molecule is Clc1ccc(-c2nnc3cc4ccccc4cn23)cc1. The third-order valence-corrected chi connectivity index (χ3v) is 3.63. The highest BCUT2D eigenvalue weighted by Crippen LogP contribution is 2.23. The average molecular weight is 280 g/mol. The van der Waals surface area contributed by atoms with Crippen LogP contribution in [0.2, 0.25) is 5.02 Å². The first kappa shape index (κ1) is 11.4. The minimum absolute atomic E-state index is 0.716. The molecule has 0 N–H and O–H groups in total. The Morgan fingerprint density at radius 1 is 0.850 bits per heavy atom. The van der Waals surface area contributed by atoms with Gasteiger partial charge in [0.15, 0.2) is 11.5 Å². The Morgan fingerprint density at radius 3 is 2.40 bits per heavy atom. The van der Waals surface area contributed by atoms with Gasteiger partial charge in [-0.2, -0.15) is 0 Å². The van der Waals surface area contributed by atoms with E-state index in [1.54, 1.807) is 0 Å². The fourth-order valence-corrected chi connectivity index (χ4v) is 2.49. The Kier molecular flexibility index (Phi) is 2.47. The molecule has 0 bridgehead atoms. The maximum Gasteiger partial charge on any atom is 0.168 e. The topological polar surface area (TPSA) is 30.2 Å². The molecule has 4 rings (SSSR count). The maximum absolute atomic E-state index is 5.93. The molecule has 2 heterocycles. The summed E-state index contributed by atoms with van der Waals surface area (Å²) in [6.45, 7) is 0. The predicted molar refractivity (Wildman–Crippen MR) is 80.9 cm³/mol. The highest BCUT2D eigenvalue weighted by atomic mass is 35.5. The summed E-state index contributed by atoms with van der Waals surface area (Å²) in [7, 11) is 0. The second kappa shape index (κ2) is 4.32. The van der Waals surface area contributed by atoms with Gasteiger partial charge in [0.1, 0.15) is 0 Å². The first-order valence-corrected chi connectivity index (χ1v) is 6.68. The van der Waals surface area contributed by atoms with Gasteiger partial charge in [0.05, 0.1) is 0 Å². The lowest BCUT2D eigenvalue weighted by Gasteiger charge is -2.02. The standard InChI is InChI=1S/C16H10ClN3/c17-14-7-5-11(6-8-14)16-19-18-15-9-12-3-1-2-4-13(12)10-20(15)16/h1-10H. The maximum atomic E-state index is 5.93. The number of aromatic nitrogens is 3. The van der Waals surface area contributed by atoms with Crippen LogP contribution < -0.4 is 0 Å². The van der Waals surface area contributed by atoms with Crippen LogP contribution in [-0.2, 0) is 0 Å². The molecule has 0 unspecified atom stereocenters. The molecular formula is C16H10ClN3. The number of hydrogen-bond donors (Lipinski definition) is 0. The van der Waals surface area contributed by atoms with Crippen molar-refractivity contribution in [2.45, 2.75) is 0 Å². The molecule has 20 heavy (non-hydrogen) atoms. The van der Waals surface area contributed by atoms with Crippen LogP contribution in [0.4, 0.5) is 0 Å². The van der Waals surface area contributed by atoms with E-state index in [0.717, 1.165) is 27.8 Å². The van der Waals surface area contributed by atoms with Crippen molar-refractivity contribution in [1.82, 2.24) is 14.6 Å². The van der Waals surface area contributed by atoms with E-state index >= 15 is 0 Å². The van der Waals surface area contributed by atoms with Crippen LogP contribution in [-0.4, -0.2) is 14.6 Å². The number of fused-ring (bicyclic) bond motifs is 2. The molecule has 2 aromatic heterocycles. The van der Waals surface area contributed by atoms with Crippen LogP contribution in [0.25, 0.3) is 27.8 Å². The number of pyridine rings is 1. The fraction of sp³-hybridized carbons (Fsp3) is 0. The van der Waals surface area contributed by atoms with Gasteiger partial charge in [-0.3, -0.25) is 4.40 Å². The Labute approximate surface area is 120 Å². The summed E-state index contributed by atoms with van der Waals surface area (Å²) in [5, 5.41) is 11.6. The van der Waals surface area contributed by atoms with Gasteiger partial charge < -0.3 is 0 Å². The minimum atomic E-state index is 0.716. The van der Waals surface area contributed by atoms with Gasteiger partial charge in [0.25, 0.3) is 0 Å². The monoisotopic (exact) mass is 279 g/mol. The summed E-state index contributed by atoms with van der Waals surface area (Å²) in [6.07, 6.45) is 2.06. The lowest BCUT2D eigenvalue weighted by atomic mass is 10.1. The van der Waals surface area contributed by atoms with Crippen molar-refractivity contribution in [2.75, 3.05) is 0 Å². The van der Waals surface area contributed by atoms with Crippen molar-refractivity contribution in [2.24, 2.45) is 0 Å². The van der Waals surface area contributed by atoms with Crippen molar-refractivity contribution >= 4 is 28.0 Å². The molecule has 0 aliphatic rings. The van der Waals surface area contributed by atoms with Crippen LogP contribution in [0.15, 0.2) is 60.8 Å². The molecule has 96 valence electrons. The smallest absolute Gasteiger partial charge is 0.168 e. The predicted octanol–water partition coefficient (Wildman–Crippen LogP) is 4.20. The van der Waals surface area contributed by atoms with E-state index in [9.17, 15) is 0 Å². The highest BCUT2D eigenvalue weighted by Gasteiger charge is 2.08. The second-order valence-corrected chi connectivity index (χ2v) is 5.10. The molecule has 3 nitrogen and oxygen atoms in total. The van der Waals surface area contributed by atoms with E-state index < -0.39 is 0 Å². The zero-order valence-electron chi connectivity index (χ0n) is 10.5. The molecular weight excluding hydrogens is 270 g/mol. The molecule has 0 saturated heterocycles. The van der Waals surface area contributed by atoms with Gasteiger partial charge in [0.2, 0.25) is 0 Å². The summed E-state index contributed by atoms with van der Waals surface area (Å²) >= 11 is 5.93. The van der Waals surface area contributed by atoms with E-state index in [4.69, 9.17) is 11.6 Å². The molecule has 0 aliphatic heterocycles. The van der Waals surface area contributed by atoms with Crippen molar-refractivity contribution in [3.8, 4) is 11.4 Å². The molecule has 0 saturated carbocycles. The van der Waals surface area contributed by atoms with Crippen LogP contribution >= 0.6 is 11.6 Å². The summed E-state index contributed by atoms with van der Waals surface area (Å²) < 4.78 is 2.01. The first-order valence-electron chi connectivity index (χ1n) is 6.31. The summed E-state index contributed by atoms with van der Waals surface area (Å²) in [5.74, 6) is 0.822. The van der Waals surface area contributed by atoms with E-state index in [1.807, 2.05) is 46.9 Å². The van der Waals surface area contributed by atoms with Crippen molar-refractivity contribution < 1.29 is 0 Å². The lowest BCUT2D eigenvalue weighted by molar-refractivity contribution is 1.11. The number of nitrogens with zero attached hydrogens (tertiary/aromatic N) is 3. The summed E-state index contributed by atoms with van der Waals surface area (Å²) in [4.78, 5) is 0. The normalized spacial score (nSPS) is 11.2. The first-order chi connectivity index (χ1) is 9.81. The average Bonchev–Trinajstić information content (AvgIpc) is 2.88. The molecule has 4 heteroatoms. The minimum Gasteiger partial charge on any atom is -0.282 e. The molecule has 0 atom stereocenters. The number of rotatable bonds is 1. The van der Waals surface area contributed by atoms with E-state index in [0.29, 0.717) is 5.02 Å². The van der Waals surface area contributed by atoms with Gasteiger partial charge in [-0.1, -0.05) is 35.9 Å². The Hall–Kier alpha value is -2.39. The molecule has 0 radical (unpaired) electrons. The van der Waals surface area contributed by atoms with Crippen LogP contribution in [0.1, 0.15) is 0 Å². The van der Waals surface area contributed by atoms with Gasteiger partial charge >= 0.3 is 0 Å². The largest absolute Gasteiger partial charge is 0.282 e.